The second-order valence-electron chi connectivity index (χ2n) is 5.30. The molecule has 0 radical (unpaired) electrons. The van der Waals surface area contributed by atoms with Gasteiger partial charge >= 0.3 is 0 Å². The van der Waals surface area contributed by atoms with E-state index < -0.39 is 0 Å². The third-order valence-corrected chi connectivity index (χ3v) is 4.28. The van der Waals surface area contributed by atoms with Crippen molar-refractivity contribution in [3.8, 4) is 0 Å². The van der Waals surface area contributed by atoms with Crippen LogP contribution in [0.15, 0.2) is 0 Å². The fraction of sp³-hybridized carbons (Fsp3) is 1.00. The van der Waals surface area contributed by atoms with Gasteiger partial charge in [-0.2, -0.15) is 0 Å². The number of fused-ring (bicyclic) bond motifs is 1. The van der Waals surface area contributed by atoms with E-state index in [9.17, 15) is 0 Å². The maximum atomic E-state index is 2.63. The van der Waals surface area contributed by atoms with Gasteiger partial charge in [-0.25, -0.2) is 0 Å². The predicted molar refractivity (Wildman–Crippen MR) is 60.4 cm³/mol. The first-order valence-corrected chi connectivity index (χ1v) is 6.09. The normalized spacial score (nSPS) is 39.0. The van der Waals surface area contributed by atoms with E-state index in [0.717, 1.165) is 17.9 Å². The van der Waals surface area contributed by atoms with Gasteiger partial charge in [0.05, 0.1) is 0 Å². The lowest BCUT2D eigenvalue weighted by Gasteiger charge is -2.34. The van der Waals surface area contributed by atoms with Gasteiger partial charge in [0.15, 0.2) is 0 Å². The number of nitrogens with zero attached hydrogens (tertiary/aromatic N) is 2. The van der Waals surface area contributed by atoms with E-state index in [0.29, 0.717) is 0 Å². The predicted octanol–water partition coefficient (Wildman–Crippen LogP) is 1.67. The summed E-state index contributed by atoms with van der Waals surface area (Å²) in [4.78, 5) is 5.05. The smallest absolute Gasteiger partial charge is 0.00925 e. The van der Waals surface area contributed by atoms with Crippen LogP contribution >= 0.6 is 0 Å². The zero-order chi connectivity index (χ0) is 10.1. The molecule has 2 fully saturated rings. The first kappa shape index (κ1) is 10.4. The van der Waals surface area contributed by atoms with Crippen molar-refractivity contribution in [1.82, 2.24) is 9.80 Å². The molecule has 0 amide bonds. The second-order valence-corrected chi connectivity index (χ2v) is 5.30. The number of likely N-dealkylation sites (tertiary alicyclic amines) is 1. The first-order valence-electron chi connectivity index (χ1n) is 6.09. The molecule has 2 nitrogen and oxygen atoms in total. The topological polar surface area (TPSA) is 6.48 Å². The van der Waals surface area contributed by atoms with Crippen molar-refractivity contribution in [2.24, 2.45) is 11.8 Å². The van der Waals surface area contributed by atoms with Gasteiger partial charge in [-0.3, -0.25) is 0 Å². The van der Waals surface area contributed by atoms with Crippen molar-refractivity contribution in [1.29, 1.82) is 0 Å². The van der Waals surface area contributed by atoms with Crippen molar-refractivity contribution in [2.75, 3.05) is 33.7 Å². The van der Waals surface area contributed by atoms with Crippen molar-refractivity contribution in [2.45, 2.75) is 32.2 Å². The van der Waals surface area contributed by atoms with Gasteiger partial charge in [-0.1, -0.05) is 6.92 Å². The molecule has 1 saturated carbocycles. The summed E-state index contributed by atoms with van der Waals surface area (Å²) in [5.41, 5.74) is 0. The minimum absolute atomic E-state index is 0.855. The molecule has 0 bridgehead atoms. The number of hydrogen-bond donors (Lipinski definition) is 0. The highest BCUT2D eigenvalue weighted by atomic mass is 15.2. The SMILES string of the molecule is CCN1CC2CCC(N(C)C)CC2C1. The standard InChI is InChI=1S/C12H24N2/c1-4-14-8-10-5-6-12(13(2)3)7-11(10)9-14/h10-12H,4-9H2,1-3H3. The van der Waals surface area contributed by atoms with E-state index in [1.165, 1.54) is 38.9 Å². The molecule has 2 aliphatic rings. The van der Waals surface area contributed by atoms with Crippen molar-refractivity contribution < 1.29 is 0 Å². The van der Waals surface area contributed by atoms with Crippen LogP contribution in [0.2, 0.25) is 0 Å². The Bertz CT molecular complexity index is 191. The molecule has 1 aliphatic heterocycles. The van der Waals surface area contributed by atoms with Crippen LogP contribution in [0.3, 0.4) is 0 Å². The van der Waals surface area contributed by atoms with E-state index in [1.54, 1.807) is 0 Å². The largest absolute Gasteiger partial charge is 0.306 e. The summed E-state index contributed by atoms with van der Waals surface area (Å²) in [6.07, 6.45) is 4.32. The van der Waals surface area contributed by atoms with Gasteiger partial charge in [0.25, 0.3) is 0 Å². The monoisotopic (exact) mass is 196 g/mol. The van der Waals surface area contributed by atoms with Gasteiger partial charge in [0.1, 0.15) is 0 Å². The Morgan fingerprint density at radius 1 is 1.14 bits per heavy atom. The first-order chi connectivity index (χ1) is 6.70. The van der Waals surface area contributed by atoms with E-state index in [1.807, 2.05) is 0 Å². The molecule has 1 heterocycles. The van der Waals surface area contributed by atoms with Gasteiger partial charge in [-0.05, 0) is 51.7 Å². The van der Waals surface area contributed by atoms with Crippen LogP contribution in [0.4, 0.5) is 0 Å². The molecule has 0 aromatic rings. The summed E-state index contributed by atoms with van der Waals surface area (Å²) in [7, 11) is 4.47. The average Bonchev–Trinajstić information content (AvgIpc) is 2.58. The molecule has 0 spiro atoms. The summed E-state index contributed by atoms with van der Waals surface area (Å²) >= 11 is 0. The van der Waals surface area contributed by atoms with Crippen LogP contribution in [0.1, 0.15) is 26.2 Å². The highest BCUT2D eigenvalue weighted by Crippen LogP contribution is 2.37. The maximum Gasteiger partial charge on any atom is 0.00925 e. The number of hydrogen-bond acceptors (Lipinski definition) is 2. The highest BCUT2D eigenvalue weighted by Gasteiger charge is 2.37. The molecule has 2 rings (SSSR count). The summed E-state index contributed by atoms with van der Waals surface area (Å²) in [5.74, 6) is 2.02. The van der Waals surface area contributed by atoms with Crippen LogP contribution in [0, 0.1) is 11.8 Å². The second kappa shape index (κ2) is 4.19. The minimum Gasteiger partial charge on any atom is -0.306 e. The van der Waals surface area contributed by atoms with E-state index in [2.05, 4.69) is 30.8 Å². The highest BCUT2D eigenvalue weighted by molar-refractivity contribution is 4.91. The van der Waals surface area contributed by atoms with E-state index in [4.69, 9.17) is 0 Å². The van der Waals surface area contributed by atoms with Crippen LogP contribution in [-0.2, 0) is 0 Å². The molecule has 14 heavy (non-hydrogen) atoms. The van der Waals surface area contributed by atoms with Crippen molar-refractivity contribution in [3.63, 3.8) is 0 Å². The third-order valence-electron chi connectivity index (χ3n) is 4.28. The molecule has 1 aliphatic carbocycles. The lowest BCUT2D eigenvalue weighted by Crippen LogP contribution is -2.36. The van der Waals surface area contributed by atoms with Gasteiger partial charge in [0.2, 0.25) is 0 Å². The maximum absolute atomic E-state index is 2.63. The zero-order valence-electron chi connectivity index (χ0n) is 9.87. The molecule has 82 valence electrons. The average molecular weight is 196 g/mol. The Morgan fingerprint density at radius 2 is 1.86 bits per heavy atom. The van der Waals surface area contributed by atoms with Gasteiger partial charge < -0.3 is 9.80 Å². The molecular weight excluding hydrogens is 172 g/mol. The van der Waals surface area contributed by atoms with Gasteiger partial charge in [-0.15, -0.1) is 0 Å². The molecule has 0 aromatic heterocycles. The summed E-state index contributed by atoms with van der Waals surface area (Å²) in [6, 6.07) is 0.855. The summed E-state index contributed by atoms with van der Waals surface area (Å²) in [6.45, 7) is 6.28. The molecule has 2 heteroatoms. The molecular formula is C12H24N2. The summed E-state index contributed by atoms with van der Waals surface area (Å²) in [5, 5.41) is 0. The van der Waals surface area contributed by atoms with E-state index in [-0.39, 0.29) is 0 Å². The number of rotatable bonds is 2. The lowest BCUT2D eigenvalue weighted by molar-refractivity contribution is 0.162. The Labute approximate surface area is 88.3 Å². The van der Waals surface area contributed by atoms with Crippen LogP contribution in [0.25, 0.3) is 0 Å². The fourth-order valence-electron chi connectivity index (χ4n) is 3.23. The Morgan fingerprint density at radius 3 is 2.50 bits per heavy atom. The lowest BCUT2D eigenvalue weighted by atomic mass is 9.79. The molecule has 0 N–H and O–H groups in total. The quantitative estimate of drug-likeness (QED) is 0.663. The molecule has 1 saturated heterocycles. The zero-order valence-corrected chi connectivity index (χ0v) is 9.87. The van der Waals surface area contributed by atoms with E-state index >= 15 is 0 Å². The van der Waals surface area contributed by atoms with Crippen LogP contribution in [-0.4, -0.2) is 49.6 Å². The van der Waals surface area contributed by atoms with Crippen LogP contribution < -0.4 is 0 Å². The third kappa shape index (κ3) is 1.96. The fourth-order valence-corrected chi connectivity index (χ4v) is 3.23. The molecule has 0 aromatic carbocycles. The summed E-state index contributed by atoms with van der Waals surface area (Å²) < 4.78 is 0. The Balaban J connectivity index is 1.91. The Kier molecular flexibility index (Phi) is 3.13. The minimum atomic E-state index is 0.855. The van der Waals surface area contributed by atoms with Crippen LogP contribution in [0.5, 0.6) is 0 Å². The molecule has 3 atom stereocenters. The van der Waals surface area contributed by atoms with Crippen molar-refractivity contribution in [3.05, 3.63) is 0 Å². The van der Waals surface area contributed by atoms with Crippen molar-refractivity contribution >= 4 is 0 Å². The van der Waals surface area contributed by atoms with Gasteiger partial charge in [0, 0.05) is 19.1 Å². The molecule has 3 unspecified atom stereocenters. The Hall–Kier alpha value is -0.0800.